The molecule has 0 bridgehead atoms. The Balaban J connectivity index is 2.41. The molecule has 3 nitrogen and oxygen atoms in total. The predicted molar refractivity (Wildman–Crippen MR) is 71.2 cm³/mol. The van der Waals surface area contributed by atoms with Gasteiger partial charge in [0, 0.05) is 0 Å². The van der Waals surface area contributed by atoms with Crippen LogP contribution in [0.1, 0.15) is 47.5 Å². The minimum absolute atomic E-state index is 0.241. The molecule has 1 heterocycles. The van der Waals surface area contributed by atoms with Gasteiger partial charge < -0.3 is 5.73 Å². The average molecular weight is 265 g/mol. The van der Waals surface area contributed by atoms with Gasteiger partial charge >= 0.3 is 0 Å². The summed E-state index contributed by atoms with van der Waals surface area (Å²) in [6, 6.07) is 4.38. The number of rotatable bonds is 3. The smallest absolute Gasteiger partial charge is 0.123 e. The molecule has 1 aromatic carbocycles. The van der Waals surface area contributed by atoms with Gasteiger partial charge in [-0.3, -0.25) is 0 Å². The molecule has 0 aliphatic heterocycles. The van der Waals surface area contributed by atoms with Crippen LogP contribution in [0.3, 0.4) is 0 Å². The summed E-state index contributed by atoms with van der Waals surface area (Å²) in [5.74, 6) is 0.0421. The lowest BCUT2D eigenvalue weighted by Crippen LogP contribution is -2.14. The highest BCUT2D eigenvalue weighted by Gasteiger charge is 2.20. The molecule has 18 heavy (non-hydrogen) atoms. The van der Waals surface area contributed by atoms with Gasteiger partial charge in [0.1, 0.15) is 5.82 Å². The summed E-state index contributed by atoms with van der Waals surface area (Å²) in [5.41, 5.74) is 8.96. The van der Waals surface area contributed by atoms with Crippen LogP contribution >= 0.6 is 11.5 Å². The van der Waals surface area contributed by atoms with E-state index < -0.39 is 0 Å². The minimum Gasteiger partial charge on any atom is -0.319 e. The van der Waals surface area contributed by atoms with Crippen molar-refractivity contribution < 1.29 is 4.39 Å². The van der Waals surface area contributed by atoms with Crippen LogP contribution in [0.2, 0.25) is 0 Å². The first-order valence-electron chi connectivity index (χ1n) is 5.84. The summed E-state index contributed by atoms with van der Waals surface area (Å²) in [7, 11) is 0. The van der Waals surface area contributed by atoms with Crippen molar-refractivity contribution in [3.8, 4) is 0 Å². The summed E-state index contributed by atoms with van der Waals surface area (Å²) >= 11 is 1.31. The Labute approximate surface area is 110 Å². The second-order valence-electron chi connectivity index (χ2n) is 4.66. The Hall–Kier alpha value is -1.33. The summed E-state index contributed by atoms with van der Waals surface area (Å²) < 4.78 is 17.1. The minimum atomic E-state index is -0.289. The molecule has 0 radical (unpaired) electrons. The molecule has 0 fully saturated rings. The fraction of sp³-hybridized carbons (Fsp3) is 0.385. The third-order valence-corrected chi connectivity index (χ3v) is 3.76. The molecule has 96 valence electrons. The van der Waals surface area contributed by atoms with E-state index in [2.05, 4.69) is 23.4 Å². The number of nitrogens with zero attached hydrogens (tertiary/aromatic N) is 2. The van der Waals surface area contributed by atoms with Crippen LogP contribution in [-0.4, -0.2) is 9.59 Å². The van der Waals surface area contributed by atoms with E-state index in [1.54, 1.807) is 6.07 Å². The van der Waals surface area contributed by atoms with Crippen LogP contribution in [0.15, 0.2) is 18.2 Å². The van der Waals surface area contributed by atoms with Crippen molar-refractivity contribution in [2.45, 2.75) is 32.7 Å². The monoisotopic (exact) mass is 265 g/mol. The number of benzene rings is 1. The number of nitrogens with two attached hydrogens (primary N) is 1. The summed E-state index contributed by atoms with van der Waals surface area (Å²) in [6.45, 7) is 5.98. The van der Waals surface area contributed by atoms with E-state index >= 15 is 0 Å². The summed E-state index contributed by atoms with van der Waals surface area (Å²) in [5, 5.41) is 4.12. The molecule has 1 unspecified atom stereocenters. The highest BCUT2D eigenvalue weighted by atomic mass is 32.1. The van der Waals surface area contributed by atoms with Gasteiger partial charge in [-0.15, -0.1) is 5.10 Å². The van der Waals surface area contributed by atoms with Crippen LogP contribution in [0.25, 0.3) is 0 Å². The zero-order valence-electron chi connectivity index (χ0n) is 10.6. The van der Waals surface area contributed by atoms with E-state index in [4.69, 9.17) is 5.73 Å². The Morgan fingerprint density at radius 3 is 2.67 bits per heavy atom. The first-order valence-corrected chi connectivity index (χ1v) is 6.61. The van der Waals surface area contributed by atoms with Crippen LogP contribution in [0.4, 0.5) is 4.39 Å². The van der Waals surface area contributed by atoms with Gasteiger partial charge in [-0.05, 0) is 47.6 Å². The van der Waals surface area contributed by atoms with Gasteiger partial charge in [0.05, 0.1) is 16.6 Å². The van der Waals surface area contributed by atoms with Crippen LogP contribution in [0, 0.1) is 12.7 Å². The Morgan fingerprint density at radius 1 is 1.33 bits per heavy atom. The molecule has 0 saturated carbocycles. The van der Waals surface area contributed by atoms with Gasteiger partial charge in [-0.2, -0.15) is 0 Å². The molecule has 0 saturated heterocycles. The topological polar surface area (TPSA) is 51.8 Å². The van der Waals surface area contributed by atoms with E-state index in [-0.39, 0.29) is 17.8 Å². The number of hydrogen-bond acceptors (Lipinski definition) is 4. The molecule has 1 atom stereocenters. The van der Waals surface area contributed by atoms with Crippen molar-refractivity contribution in [2.75, 3.05) is 0 Å². The molecule has 0 spiro atoms. The molecule has 0 amide bonds. The standard InChI is InChI=1S/C13H16FN3S/c1-7(2)12-13(18-17-16-12)11(15)10-5-4-9(14)6-8(10)3/h4-7,11H,15H2,1-3H3. The van der Waals surface area contributed by atoms with Crippen molar-refractivity contribution in [3.05, 3.63) is 45.7 Å². The van der Waals surface area contributed by atoms with Crippen molar-refractivity contribution >= 4 is 11.5 Å². The molecular formula is C13H16FN3S. The molecule has 5 heteroatoms. The number of aromatic nitrogens is 2. The Bertz CT molecular complexity index is 551. The van der Waals surface area contributed by atoms with Gasteiger partial charge in [0.15, 0.2) is 0 Å². The average Bonchev–Trinajstić information content (AvgIpc) is 2.77. The zero-order chi connectivity index (χ0) is 13.3. The second kappa shape index (κ2) is 5.12. The molecule has 0 aliphatic rings. The fourth-order valence-corrected chi connectivity index (χ4v) is 2.78. The number of aryl methyl sites for hydroxylation is 1. The number of halogens is 1. The van der Waals surface area contributed by atoms with Gasteiger partial charge in [0.2, 0.25) is 0 Å². The molecule has 2 rings (SSSR count). The van der Waals surface area contributed by atoms with Crippen LogP contribution in [-0.2, 0) is 0 Å². The van der Waals surface area contributed by atoms with Gasteiger partial charge in [-0.1, -0.05) is 24.4 Å². The van der Waals surface area contributed by atoms with E-state index in [1.165, 1.54) is 23.7 Å². The maximum atomic E-state index is 13.1. The third-order valence-electron chi connectivity index (χ3n) is 2.94. The zero-order valence-corrected chi connectivity index (χ0v) is 11.5. The lowest BCUT2D eigenvalue weighted by Gasteiger charge is -2.15. The largest absolute Gasteiger partial charge is 0.319 e. The first-order chi connectivity index (χ1) is 8.50. The highest BCUT2D eigenvalue weighted by molar-refractivity contribution is 7.05. The quantitative estimate of drug-likeness (QED) is 0.927. The van der Waals surface area contributed by atoms with Crippen molar-refractivity contribution in [1.29, 1.82) is 0 Å². The van der Waals surface area contributed by atoms with Crippen molar-refractivity contribution in [2.24, 2.45) is 5.73 Å². The maximum absolute atomic E-state index is 13.1. The second-order valence-corrected chi connectivity index (χ2v) is 5.44. The maximum Gasteiger partial charge on any atom is 0.123 e. The van der Waals surface area contributed by atoms with E-state index in [0.29, 0.717) is 0 Å². The van der Waals surface area contributed by atoms with E-state index in [0.717, 1.165) is 21.7 Å². The third kappa shape index (κ3) is 2.42. The molecule has 2 N–H and O–H groups in total. The Morgan fingerprint density at radius 2 is 2.06 bits per heavy atom. The highest BCUT2D eigenvalue weighted by Crippen LogP contribution is 2.30. The van der Waals surface area contributed by atoms with Crippen LogP contribution < -0.4 is 5.73 Å². The SMILES string of the molecule is Cc1cc(F)ccc1C(N)c1snnc1C(C)C. The lowest BCUT2D eigenvalue weighted by molar-refractivity contribution is 0.624. The van der Waals surface area contributed by atoms with E-state index in [1.807, 2.05) is 6.92 Å². The van der Waals surface area contributed by atoms with Crippen molar-refractivity contribution in [3.63, 3.8) is 0 Å². The molecule has 0 aliphatic carbocycles. The van der Waals surface area contributed by atoms with Crippen molar-refractivity contribution in [1.82, 2.24) is 9.59 Å². The normalized spacial score (nSPS) is 13.0. The summed E-state index contributed by atoms with van der Waals surface area (Å²) in [6.07, 6.45) is 0. The fourth-order valence-electron chi connectivity index (χ4n) is 1.95. The predicted octanol–water partition coefficient (Wildman–Crippen LogP) is 3.16. The van der Waals surface area contributed by atoms with Gasteiger partial charge in [0.25, 0.3) is 0 Å². The van der Waals surface area contributed by atoms with Gasteiger partial charge in [-0.25, -0.2) is 4.39 Å². The summed E-state index contributed by atoms with van der Waals surface area (Å²) in [4.78, 5) is 0.958. The molecular weight excluding hydrogens is 249 g/mol. The van der Waals surface area contributed by atoms with Crippen LogP contribution in [0.5, 0.6) is 0 Å². The van der Waals surface area contributed by atoms with E-state index in [9.17, 15) is 4.39 Å². The molecule has 2 aromatic rings. The Kier molecular flexibility index (Phi) is 3.73. The first kappa shape index (κ1) is 13.1. The molecule has 1 aromatic heterocycles. The number of hydrogen-bond donors (Lipinski definition) is 1. The lowest BCUT2D eigenvalue weighted by atomic mass is 9.97.